The van der Waals surface area contributed by atoms with Crippen LogP contribution < -0.4 is 10.5 Å². The van der Waals surface area contributed by atoms with Crippen LogP contribution in [0.25, 0.3) is 0 Å². The van der Waals surface area contributed by atoms with Gasteiger partial charge in [-0.05, 0) is 24.1 Å². The number of nitrogens with two attached hydrogens (primary N) is 1. The van der Waals surface area contributed by atoms with E-state index >= 15 is 0 Å². The molecule has 2 aromatic carbocycles. The van der Waals surface area contributed by atoms with Crippen molar-refractivity contribution in [1.82, 2.24) is 4.31 Å². The van der Waals surface area contributed by atoms with Crippen LogP contribution >= 0.6 is 22.4 Å². The van der Waals surface area contributed by atoms with E-state index in [1.165, 1.54) is 10.4 Å². The fourth-order valence-electron chi connectivity index (χ4n) is 2.94. The van der Waals surface area contributed by atoms with Gasteiger partial charge in [0.05, 0.1) is 22.3 Å². The van der Waals surface area contributed by atoms with Crippen LogP contribution in [-0.2, 0) is 26.2 Å². The molecule has 2 aromatic rings. The summed E-state index contributed by atoms with van der Waals surface area (Å²) < 4.78 is 51.4. The van der Waals surface area contributed by atoms with E-state index in [9.17, 15) is 22.3 Å². The van der Waals surface area contributed by atoms with Gasteiger partial charge in [-0.3, -0.25) is 13.9 Å². The second kappa shape index (κ2) is 9.10. The minimum absolute atomic E-state index is 0.0196. The summed E-state index contributed by atoms with van der Waals surface area (Å²) in [5.41, 5.74) is 1.19. The zero-order valence-electron chi connectivity index (χ0n) is 15.8. The number of primary sulfonamides is 1. The highest BCUT2D eigenvalue weighted by Crippen LogP contribution is 2.57. The number of esters is 1. The molecule has 9 nitrogen and oxygen atoms in total. The van der Waals surface area contributed by atoms with Crippen molar-refractivity contribution in [2.24, 2.45) is 5.14 Å². The van der Waals surface area contributed by atoms with Crippen molar-refractivity contribution < 1.29 is 27.1 Å². The lowest BCUT2D eigenvalue weighted by Crippen LogP contribution is -2.37. The molecule has 1 heterocycles. The van der Waals surface area contributed by atoms with Crippen molar-refractivity contribution in [1.29, 1.82) is 0 Å². The first-order chi connectivity index (χ1) is 14.1. The van der Waals surface area contributed by atoms with Crippen molar-refractivity contribution in [2.45, 2.75) is 29.2 Å². The van der Waals surface area contributed by atoms with Gasteiger partial charge >= 0.3 is 5.97 Å². The maximum absolute atomic E-state index is 11.9. The summed E-state index contributed by atoms with van der Waals surface area (Å²) in [6.45, 7) is 0.423. The van der Waals surface area contributed by atoms with Crippen molar-refractivity contribution in [3.63, 3.8) is 0 Å². The van der Waals surface area contributed by atoms with Crippen LogP contribution in [0, 0.1) is 0 Å². The quantitative estimate of drug-likeness (QED) is 0.447. The lowest BCUT2D eigenvalue weighted by molar-refractivity contribution is -0.145. The predicted octanol–water partition coefficient (Wildman–Crippen LogP) is 3.22. The highest BCUT2D eigenvalue weighted by atomic mass is 35.5. The molecule has 0 saturated carbocycles. The molecule has 3 rings (SSSR count). The summed E-state index contributed by atoms with van der Waals surface area (Å²) in [5, 5.41) is 7.99. The number of halogens is 1. The fourth-order valence-corrected chi connectivity index (χ4v) is 5.72. The molecule has 1 aliphatic rings. The minimum Gasteiger partial charge on any atom is -0.461 e. The van der Waals surface area contributed by atoms with E-state index in [0.29, 0.717) is 12.1 Å². The van der Waals surface area contributed by atoms with Crippen molar-refractivity contribution >= 4 is 44.1 Å². The van der Waals surface area contributed by atoms with Gasteiger partial charge in [0.1, 0.15) is 11.5 Å². The van der Waals surface area contributed by atoms with E-state index in [-0.39, 0.29) is 36.2 Å². The molecule has 5 N–H and O–H groups in total. The average molecular weight is 476 g/mol. The number of carbonyl (C=O) groups excluding carboxylic acids is 1. The zero-order chi connectivity index (χ0) is 21.9. The van der Waals surface area contributed by atoms with Gasteiger partial charge in [-0.1, -0.05) is 41.9 Å². The third-order valence-electron chi connectivity index (χ3n) is 4.47. The number of fused-ring (bicyclic) bond motifs is 1. The molecule has 30 heavy (non-hydrogen) atoms. The fraction of sp³-hybridized carbons (Fsp3) is 0.278. The Bertz CT molecular complexity index is 1030. The molecule has 0 saturated heterocycles. The van der Waals surface area contributed by atoms with Gasteiger partial charge in [-0.2, -0.15) is 4.31 Å². The van der Waals surface area contributed by atoms with Crippen LogP contribution in [0.15, 0.2) is 52.3 Å². The first-order valence-electron chi connectivity index (χ1n) is 8.92. The number of benzene rings is 2. The molecule has 164 valence electrons. The van der Waals surface area contributed by atoms with Crippen LogP contribution in [0.5, 0.6) is 0 Å². The number of rotatable bonds is 7. The average Bonchev–Trinajstić information content (AvgIpc) is 2.67. The van der Waals surface area contributed by atoms with Crippen LogP contribution in [0.2, 0.25) is 5.02 Å². The minimum atomic E-state index is -4.14. The molecule has 0 spiro atoms. The number of nitrogens with zero attached hydrogens (tertiary/aromatic N) is 1. The van der Waals surface area contributed by atoms with Crippen LogP contribution in [0.4, 0.5) is 5.69 Å². The maximum Gasteiger partial charge on any atom is 0.306 e. The molecule has 0 atom stereocenters. The van der Waals surface area contributed by atoms with Crippen molar-refractivity contribution in [3.8, 4) is 0 Å². The van der Waals surface area contributed by atoms with Gasteiger partial charge in [0.15, 0.2) is 0 Å². The van der Waals surface area contributed by atoms with Crippen LogP contribution in [0.3, 0.4) is 0 Å². The summed E-state index contributed by atoms with van der Waals surface area (Å²) in [6.07, 6.45) is 0.408. The molecule has 12 heteroatoms. The van der Waals surface area contributed by atoms with E-state index in [0.717, 1.165) is 11.6 Å². The second-order valence-corrected chi connectivity index (χ2v) is 10.6. The number of nitrogens with one attached hydrogen (secondary N) is 1. The number of hydrogen-bond donors (Lipinski definition) is 4. The highest BCUT2D eigenvalue weighted by Gasteiger charge is 2.34. The summed E-state index contributed by atoms with van der Waals surface area (Å²) in [5.74, 6) is -0.399. The van der Waals surface area contributed by atoms with Gasteiger partial charge in [0, 0.05) is 13.0 Å². The predicted molar refractivity (Wildman–Crippen MR) is 115 cm³/mol. The topological polar surface area (TPSA) is 142 Å². The number of carbonyl (C=O) groups is 1. The number of anilines is 1. The Balaban J connectivity index is 1.61. The van der Waals surface area contributed by atoms with E-state index in [1.54, 1.807) is 0 Å². The monoisotopic (exact) mass is 475 g/mol. The Morgan fingerprint density at radius 2 is 1.97 bits per heavy atom. The first-order valence-corrected chi connectivity index (χ1v) is 12.3. The molecule has 0 unspecified atom stereocenters. The Labute approximate surface area is 181 Å². The van der Waals surface area contributed by atoms with Gasteiger partial charge in [0.25, 0.3) is 0 Å². The van der Waals surface area contributed by atoms with Gasteiger partial charge in [-0.15, -0.1) is 10.8 Å². The van der Waals surface area contributed by atoms with E-state index < -0.39 is 31.7 Å². The third kappa shape index (κ3) is 5.24. The Morgan fingerprint density at radius 3 is 2.63 bits per heavy atom. The summed E-state index contributed by atoms with van der Waals surface area (Å²) in [7, 11) is -7.64. The zero-order valence-corrected chi connectivity index (χ0v) is 18.2. The SMILES string of the molecule is NS(=O)(=O)c1cc2c(cc1Cl)NCN(CCCC(=O)OCc1ccccc1)S2(O)O. The Morgan fingerprint density at radius 1 is 1.27 bits per heavy atom. The normalized spacial score (nSPS) is 16.9. The largest absolute Gasteiger partial charge is 0.461 e. The molecule has 0 fully saturated rings. The molecule has 0 amide bonds. The molecule has 0 bridgehead atoms. The molecular formula is C18H22ClN3O6S2. The number of sulfonamides is 1. The Hall–Kier alpha value is -1.86. The Kier molecular flexibility index (Phi) is 6.92. The standard InChI is InChI=1S/C18H22ClN3O6S2/c19-14-9-15-17(10-16(14)29(20,24)25)30(26,27)22(12-21-15)8-4-7-18(23)28-11-13-5-2-1-3-6-13/h1-3,5-6,9-10,21,26-27H,4,7-8,11-12H2,(H2,20,24,25). The van der Waals surface area contributed by atoms with E-state index in [2.05, 4.69) is 5.32 Å². The smallest absolute Gasteiger partial charge is 0.306 e. The van der Waals surface area contributed by atoms with E-state index in [1.807, 2.05) is 30.3 Å². The summed E-state index contributed by atoms with van der Waals surface area (Å²) in [4.78, 5) is 11.5. The lowest BCUT2D eigenvalue weighted by atomic mass is 10.2. The molecular weight excluding hydrogens is 454 g/mol. The summed E-state index contributed by atoms with van der Waals surface area (Å²) >= 11 is 5.95. The molecule has 0 aromatic heterocycles. The second-order valence-electron chi connectivity index (χ2n) is 6.63. The van der Waals surface area contributed by atoms with Gasteiger partial charge in [-0.25, -0.2) is 13.6 Å². The molecule has 0 radical (unpaired) electrons. The van der Waals surface area contributed by atoms with Crippen molar-refractivity contribution in [3.05, 3.63) is 53.1 Å². The lowest BCUT2D eigenvalue weighted by Gasteiger charge is -2.47. The van der Waals surface area contributed by atoms with Crippen molar-refractivity contribution in [2.75, 3.05) is 18.5 Å². The van der Waals surface area contributed by atoms with E-state index in [4.69, 9.17) is 21.5 Å². The van der Waals surface area contributed by atoms with Gasteiger partial charge < -0.3 is 10.1 Å². The van der Waals surface area contributed by atoms with Crippen LogP contribution in [0.1, 0.15) is 18.4 Å². The van der Waals surface area contributed by atoms with Gasteiger partial charge in [0.2, 0.25) is 10.0 Å². The third-order valence-corrected chi connectivity index (χ3v) is 7.81. The first kappa shape index (κ1) is 22.8. The number of ether oxygens (including phenoxy) is 1. The highest BCUT2D eigenvalue weighted by molar-refractivity contribution is 8.22. The number of hydrogen-bond acceptors (Lipinski definition) is 8. The van der Waals surface area contributed by atoms with Crippen LogP contribution in [-0.4, -0.2) is 41.0 Å². The molecule has 1 aliphatic heterocycles. The maximum atomic E-state index is 11.9. The summed E-state index contributed by atoms with van der Waals surface area (Å²) in [6, 6.07) is 11.6. The molecule has 0 aliphatic carbocycles.